The van der Waals surface area contributed by atoms with Crippen molar-refractivity contribution in [1.29, 1.82) is 0 Å². The summed E-state index contributed by atoms with van der Waals surface area (Å²) in [6.07, 6.45) is 0. The summed E-state index contributed by atoms with van der Waals surface area (Å²) in [5.74, 6) is 0.217. The number of hydrogen-bond acceptors (Lipinski definition) is 2. The maximum absolute atomic E-state index is 12.5. The van der Waals surface area contributed by atoms with Gasteiger partial charge in [0.15, 0.2) is 0 Å². The molecule has 0 saturated heterocycles. The van der Waals surface area contributed by atoms with Crippen LogP contribution in [0.2, 0.25) is 0 Å². The summed E-state index contributed by atoms with van der Waals surface area (Å²) in [6, 6.07) is 14.8. The lowest BCUT2D eigenvalue weighted by molar-refractivity contribution is 0.474. The van der Waals surface area contributed by atoms with E-state index in [9.17, 15) is 9.90 Å². The number of phenols is 1. The molecule has 1 heterocycles. The molecule has 0 atom stereocenters. The fourth-order valence-corrected chi connectivity index (χ4v) is 2.57. The molecule has 4 heteroatoms. The van der Waals surface area contributed by atoms with Crippen LogP contribution in [0.3, 0.4) is 0 Å². The van der Waals surface area contributed by atoms with Gasteiger partial charge in [0.2, 0.25) is 0 Å². The van der Waals surface area contributed by atoms with Crippen LogP contribution >= 0.6 is 0 Å². The molecule has 3 rings (SSSR count). The van der Waals surface area contributed by atoms with Crippen LogP contribution in [-0.2, 0) is 13.1 Å². The highest BCUT2D eigenvalue weighted by molar-refractivity contribution is 5.76. The Morgan fingerprint density at radius 1 is 1.00 bits per heavy atom. The Labute approximate surface area is 116 Å². The van der Waals surface area contributed by atoms with Crippen LogP contribution in [0.25, 0.3) is 11.0 Å². The van der Waals surface area contributed by atoms with E-state index in [1.165, 1.54) is 0 Å². The predicted molar refractivity (Wildman–Crippen MR) is 79.1 cm³/mol. The summed E-state index contributed by atoms with van der Waals surface area (Å²) in [5, 5.41) is 9.53. The van der Waals surface area contributed by atoms with Crippen molar-refractivity contribution in [2.24, 2.45) is 0 Å². The summed E-state index contributed by atoms with van der Waals surface area (Å²) in [4.78, 5) is 12.5. The number of aromatic nitrogens is 2. The molecule has 0 amide bonds. The second-order valence-electron chi connectivity index (χ2n) is 4.77. The van der Waals surface area contributed by atoms with E-state index in [4.69, 9.17) is 0 Å². The Hall–Kier alpha value is -2.49. The maximum atomic E-state index is 12.5. The summed E-state index contributed by atoms with van der Waals surface area (Å²) in [7, 11) is 0. The van der Waals surface area contributed by atoms with Crippen molar-refractivity contribution >= 4 is 11.0 Å². The Morgan fingerprint density at radius 3 is 2.35 bits per heavy atom. The lowest BCUT2D eigenvalue weighted by atomic mass is 10.2. The first-order chi connectivity index (χ1) is 9.70. The third-order valence-corrected chi connectivity index (χ3v) is 3.49. The molecular formula is C16H16N2O2. The number of phenolic OH excluding ortho intramolecular Hbond substituents is 1. The molecule has 102 valence electrons. The van der Waals surface area contributed by atoms with Crippen LogP contribution in [0.15, 0.2) is 53.3 Å². The van der Waals surface area contributed by atoms with Gasteiger partial charge in [0.25, 0.3) is 0 Å². The number of benzene rings is 2. The largest absolute Gasteiger partial charge is 0.508 e. The smallest absolute Gasteiger partial charge is 0.329 e. The van der Waals surface area contributed by atoms with Gasteiger partial charge in [-0.1, -0.05) is 24.3 Å². The van der Waals surface area contributed by atoms with Gasteiger partial charge in [-0.25, -0.2) is 4.79 Å². The van der Waals surface area contributed by atoms with E-state index in [-0.39, 0.29) is 11.4 Å². The summed E-state index contributed by atoms with van der Waals surface area (Å²) in [6.45, 7) is 3.07. The van der Waals surface area contributed by atoms with Crippen molar-refractivity contribution < 1.29 is 5.11 Å². The molecule has 0 aliphatic carbocycles. The molecule has 4 nitrogen and oxygen atoms in total. The van der Waals surface area contributed by atoms with Gasteiger partial charge in [-0.15, -0.1) is 0 Å². The van der Waals surface area contributed by atoms with Gasteiger partial charge in [0, 0.05) is 6.54 Å². The van der Waals surface area contributed by atoms with Crippen LogP contribution in [0.5, 0.6) is 5.75 Å². The number of rotatable bonds is 3. The number of imidazole rings is 1. The molecule has 0 radical (unpaired) electrons. The second kappa shape index (κ2) is 4.89. The zero-order valence-electron chi connectivity index (χ0n) is 11.3. The highest BCUT2D eigenvalue weighted by Gasteiger charge is 2.11. The fraction of sp³-hybridized carbons (Fsp3) is 0.188. The van der Waals surface area contributed by atoms with E-state index in [0.717, 1.165) is 16.6 Å². The number of aromatic hydroxyl groups is 1. The number of fused-ring (bicyclic) bond motifs is 1. The molecule has 0 fully saturated rings. The minimum atomic E-state index is -0.0166. The third-order valence-electron chi connectivity index (χ3n) is 3.49. The number of aryl methyl sites for hydroxylation is 1. The fourth-order valence-electron chi connectivity index (χ4n) is 2.57. The lowest BCUT2D eigenvalue weighted by Crippen LogP contribution is -2.24. The topological polar surface area (TPSA) is 47.2 Å². The highest BCUT2D eigenvalue weighted by Crippen LogP contribution is 2.16. The van der Waals surface area contributed by atoms with E-state index in [1.54, 1.807) is 27.3 Å². The molecule has 1 N–H and O–H groups in total. The van der Waals surface area contributed by atoms with Gasteiger partial charge in [0.05, 0.1) is 17.6 Å². The Balaban J connectivity index is 2.16. The van der Waals surface area contributed by atoms with Crippen molar-refractivity contribution in [1.82, 2.24) is 9.13 Å². The lowest BCUT2D eigenvalue weighted by Gasteiger charge is -2.04. The summed E-state index contributed by atoms with van der Waals surface area (Å²) < 4.78 is 3.51. The molecule has 2 aromatic carbocycles. The molecule has 0 aliphatic heterocycles. The number of nitrogens with zero attached hydrogens (tertiary/aromatic N) is 2. The van der Waals surface area contributed by atoms with E-state index in [0.29, 0.717) is 13.1 Å². The first-order valence-electron chi connectivity index (χ1n) is 6.66. The first-order valence-corrected chi connectivity index (χ1v) is 6.66. The van der Waals surface area contributed by atoms with Gasteiger partial charge >= 0.3 is 5.69 Å². The third kappa shape index (κ3) is 1.99. The van der Waals surface area contributed by atoms with E-state index < -0.39 is 0 Å². The molecule has 1 aromatic heterocycles. The maximum Gasteiger partial charge on any atom is 0.329 e. The van der Waals surface area contributed by atoms with Crippen LogP contribution in [0.4, 0.5) is 0 Å². The average molecular weight is 268 g/mol. The first kappa shape index (κ1) is 12.5. The van der Waals surface area contributed by atoms with Gasteiger partial charge in [0.1, 0.15) is 5.75 Å². The van der Waals surface area contributed by atoms with Gasteiger partial charge in [-0.2, -0.15) is 0 Å². The van der Waals surface area contributed by atoms with Crippen molar-refractivity contribution in [2.75, 3.05) is 0 Å². The van der Waals surface area contributed by atoms with Gasteiger partial charge < -0.3 is 5.11 Å². The van der Waals surface area contributed by atoms with Crippen molar-refractivity contribution in [3.8, 4) is 5.75 Å². The molecule has 0 bridgehead atoms. The molecule has 0 aliphatic rings. The minimum absolute atomic E-state index is 0.0166. The summed E-state index contributed by atoms with van der Waals surface area (Å²) in [5.41, 5.74) is 2.76. The van der Waals surface area contributed by atoms with Crippen molar-refractivity contribution in [2.45, 2.75) is 20.0 Å². The van der Waals surface area contributed by atoms with Gasteiger partial charge in [-0.3, -0.25) is 9.13 Å². The van der Waals surface area contributed by atoms with E-state index >= 15 is 0 Å². The monoisotopic (exact) mass is 268 g/mol. The highest BCUT2D eigenvalue weighted by atomic mass is 16.3. The average Bonchev–Trinajstić information content (AvgIpc) is 2.72. The van der Waals surface area contributed by atoms with Crippen LogP contribution in [-0.4, -0.2) is 14.2 Å². The molecule has 0 saturated carbocycles. The SMILES string of the molecule is CCn1c(=O)n(Cc2cccc(O)c2)c2ccccc21. The molecule has 0 unspecified atom stereocenters. The van der Waals surface area contributed by atoms with Gasteiger partial charge in [-0.05, 0) is 36.8 Å². The van der Waals surface area contributed by atoms with Crippen molar-refractivity contribution in [3.63, 3.8) is 0 Å². The molecule has 3 aromatic rings. The minimum Gasteiger partial charge on any atom is -0.508 e. The van der Waals surface area contributed by atoms with E-state index in [1.807, 2.05) is 37.3 Å². The van der Waals surface area contributed by atoms with Crippen LogP contribution in [0, 0.1) is 0 Å². The Kier molecular flexibility index (Phi) is 3.06. The quantitative estimate of drug-likeness (QED) is 0.793. The number of para-hydroxylation sites is 2. The van der Waals surface area contributed by atoms with Crippen LogP contribution in [0.1, 0.15) is 12.5 Å². The Morgan fingerprint density at radius 2 is 1.70 bits per heavy atom. The predicted octanol–water partition coefficient (Wildman–Crippen LogP) is 2.58. The Bertz CT molecular complexity index is 815. The van der Waals surface area contributed by atoms with E-state index in [2.05, 4.69) is 0 Å². The summed E-state index contributed by atoms with van der Waals surface area (Å²) >= 11 is 0. The number of hydrogen-bond donors (Lipinski definition) is 1. The molecular weight excluding hydrogens is 252 g/mol. The standard InChI is InChI=1S/C16H16N2O2/c1-2-17-14-8-3-4-9-15(14)18(16(17)20)11-12-6-5-7-13(19)10-12/h3-10,19H,2,11H2,1H3. The zero-order chi connectivity index (χ0) is 14.1. The zero-order valence-corrected chi connectivity index (χ0v) is 11.3. The van der Waals surface area contributed by atoms with Crippen molar-refractivity contribution in [3.05, 3.63) is 64.6 Å². The normalized spacial score (nSPS) is 11.1. The molecule has 20 heavy (non-hydrogen) atoms. The van der Waals surface area contributed by atoms with Crippen LogP contribution < -0.4 is 5.69 Å². The molecule has 0 spiro atoms. The second-order valence-corrected chi connectivity index (χ2v) is 4.77.